The Morgan fingerprint density at radius 1 is 1.12 bits per heavy atom. The summed E-state index contributed by atoms with van der Waals surface area (Å²) in [5.74, 6) is 0. The molecule has 0 saturated carbocycles. The van der Waals surface area contributed by atoms with Crippen LogP contribution in [0.4, 0.5) is 0 Å². The zero-order chi connectivity index (χ0) is 13.7. The Labute approximate surface area is 111 Å². The minimum atomic E-state index is -1.94. The molecular formula is C11H30O3Si3. The predicted octanol–water partition coefficient (Wildman–Crippen LogP) is 3.34. The predicted molar refractivity (Wildman–Crippen MR) is 81.9 cm³/mol. The summed E-state index contributed by atoms with van der Waals surface area (Å²) >= 11 is 0. The Hall–Kier alpha value is 0.531. The van der Waals surface area contributed by atoms with E-state index in [0.717, 1.165) is 13.2 Å². The van der Waals surface area contributed by atoms with Gasteiger partial charge in [-0.2, -0.15) is 0 Å². The summed E-state index contributed by atoms with van der Waals surface area (Å²) < 4.78 is 18.0. The second-order valence-electron chi connectivity index (χ2n) is 5.83. The summed E-state index contributed by atoms with van der Waals surface area (Å²) in [5.41, 5.74) is 0.506. The van der Waals surface area contributed by atoms with E-state index in [1.165, 1.54) is 0 Å². The molecule has 0 saturated heterocycles. The molecule has 0 N–H and O–H groups in total. The van der Waals surface area contributed by atoms with Crippen LogP contribution >= 0.6 is 0 Å². The van der Waals surface area contributed by atoms with Crippen molar-refractivity contribution in [2.75, 3.05) is 13.2 Å². The first-order valence-electron chi connectivity index (χ1n) is 6.56. The lowest BCUT2D eigenvalue weighted by molar-refractivity contribution is 0.143. The fourth-order valence-corrected chi connectivity index (χ4v) is 13.4. The molecule has 104 valence electrons. The monoisotopic (exact) mass is 294 g/mol. The van der Waals surface area contributed by atoms with Gasteiger partial charge in [-0.15, -0.1) is 0 Å². The molecule has 0 bridgehead atoms. The van der Waals surface area contributed by atoms with Crippen LogP contribution in [0, 0.1) is 0 Å². The maximum atomic E-state index is 6.41. The zero-order valence-electron chi connectivity index (χ0n) is 12.8. The molecule has 0 rings (SSSR count). The molecule has 0 aliphatic carbocycles. The van der Waals surface area contributed by atoms with Crippen LogP contribution in [0.5, 0.6) is 0 Å². The van der Waals surface area contributed by atoms with Gasteiger partial charge >= 0.3 is 8.56 Å². The molecule has 3 nitrogen and oxygen atoms in total. The van der Waals surface area contributed by atoms with Gasteiger partial charge in [-0.1, -0.05) is 6.92 Å². The van der Waals surface area contributed by atoms with Crippen molar-refractivity contribution >= 4 is 25.9 Å². The van der Waals surface area contributed by atoms with Gasteiger partial charge < -0.3 is 13.0 Å². The molecular weight excluding hydrogens is 264 g/mol. The Bertz CT molecular complexity index is 220. The lowest BCUT2D eigenvalue weighted by Crippen LogP contribution is -2.51. The van der Waals surface area contributed by atoms with E-state index in [-0.39, 0.29) is 0 Å². The van der Waals surface area contributed by atoms with Crippen molar-refractivity contribution in [3.8, 4) is 0 Å². The van der Waals surface area contributed by atoms with E-state index in [2.05, 4.69) is 46.2 Å². The summed E-state index contributed by atoms with van der Waals surface area (Å²) in [5, 5.41) is 0. The van der Waals surface area contributed by atoms with Crippen LogP contribution in [0.3, 0.4) is 0 Å². The van der Waals surface area contributed by atoms with Crippen molar-refractivity contribution in [1.29, 1.82) is 0 Å². The smallest absolute Gasteiger partial charge is 0.310 e. The lowest BCUT2D eigenvalue weighted by atomic mass is 10.5. The van der Waals surface area contributed by atoms with Crippen LogP contribution in [-0.4, -0.2) is 39.1 Å². The van der Waals surface area contributed by atoms with E-state index >= 15 is 0 Å². The van der Waals surface area contributed by atoms with Crippen LogP contribution in [0.2, 0.25) is 44.8 Å². The highest BCUT2D eigenvalue weighted by Gasteiger charge is 2.38. The largest absolute Gasteiger partial charge is 0.440 e. The van der Waals surface area contributed by atoms with Crippen molar-refractivity contribution < 1.29 is 13.0 Å². The highest BCUT2D eigenvalue weighted by atomic mass is 28.5. The van der Waals surface area contributed by atoms with E-state index in [1.54, 1.807) is 0 Å². The molecule has 0 unspecified atom stereocenters. The van der Waals surface area contributed by atoms with Gasteiger partial charge in [0.1, 0.15) is 0 Å². The second kappa shape index (κ2) is 7.20. The van der Waals surface area contributed by atoms with Crippen molar-refractivity contribution in [1.82, 2.24) is 0 Å². The molecule has 0 heterocycles. The highest BCUT2D eigenvalue weighted by Crippen LogP contribution is 2.27. The van der Waals surface area contributed by atoms with E-state index < -0.39 is 25.9 Å². The maximum absolute atomic E-state index is 6.41. The van der Waals surface area contributed by atoms with E-state index in [1.807, 2.05) is 6.92 Å². The molecule has 0 fully saturated rings. The Morgan fingerprint density at radius 3 is 2.06 bits per heavy atom. The molecule has 0 aliphatic rings. The molecule has 17 heavy (non-hydrogen) atoms. The minimum Gasteiger partial charge on any atom is -0.440 e. The molecule has 1 atom stereocenters. The molecule has 0 aromatic heterocycles. The quantitative estimate of drug-likeness (QED) is 0.643. The minimum absolute atomic E-state index is 0.506. The normalized spacial score (nSPS) is 15.4. The molecule has 0 aromatic rings. The molecule has 0 spiro atoms. The van der Waals surface area contributed by atoms with Gasteiger partial charge in [0.2, 0.25) is 0 Å². The number of hydrogen-bond donors (Lipinski definition) is 0. The van der Waals surface area contributed by atoms with Crippen LogP contribution < -0.4 is 0 Å². The summed E-state index contributed by atoms with van der Waals surface area (Å²) in [7, 11) is -4.66. The summed E-state index contributed by atoms with van der Waals surface area (Å²) in [4.78, 5) is 0. The van der Waals surface area contributed by atoms with E-state index in [4.69, 9.17) is 13.0 Å². The van der Waals surface area contributed by atoms with E-state index in [0.29, 0.717) is 5.54 Å². The molecule has 0 aromatic carbocycles. The van der Waals surface area contributed by atoms with Gasteiger partial charge in [0.25, 0.3) is 0 Å². The first-order chi connectivity index (χ1) is 7.60. The number of ether oxygens (including phenoxy) is 1. The summed E-state index contributed by atoms with van der Waals surface area (Å²) in [6.07, 6.45) is 0. The van der Waals surface area contributed by atoms with Gasteiger partial charge in [-0.3, -0.25) is 0 Å². The van der Waals surface area contributed by atoms with Gasteiger partial charge in [-0.05, 0) is 51.7 Å². The van der Waals surface area contributed by atoms with Gasteiger partial charge in [0, 0.05) is 13.2 Å². The van der Waals surface area contributed by atoms with Crippen molar-refractivity contribution in [2.45, 2.75) is 58.7 Å². The van der Waals surface area contributed by atoms with Crippen LogP contribution in [0.25, 0.3) is 0 Å². The van der Waals surface area contributed by atoms with Gasteiger partial charge in [-0.25, -0.2) is 0 Å². The fourth-order valence-electron chi connectivity index (χ4n) is 1.82. The lowest BCUT2D eigenvalue weighted by Gasteiger charge is -2.38. The third-order valence-corrected chi connectivity index (χ3v) is 13.6. The highest BCUT2D eigenvalue weighted by molar-refractivity contribution is 6.85. The SMILES string of the molecule is CCOC[C@@H](C)[Si](C)(C)O[Si](C)(C)O[SiH](C)C. The fraction of sp³-hybridized carbons (Fsp3) is 1.00. The number of hydrogen-bond acceptors (Lipinski definition) is 3. The summed E-state index contributed by atoms with van der Waals surface area (Å²) in [6, 6.07) is 0. The van der Waals surface area contributed by atoms with Crippen molar-refractivity contribution in [2.24, 2.45) is 0 Å². The van der Waals surface area contributed by atoms with Crippen LogP contribution in [0.1, 0.15) is 13.8 Å². The van der Waals surface area contributed by atoms with E-state index in [9.17, 15) is 0 Å². The Balaban J connectivity index is 4.40. The zero-order valence-corrected chi connectivity index (χ0v) is 15.9. The average Bonchev–Trinajstić information content (AvgIpc) is 2.09. The first-order valence-corrected chi connectivity index (χ1v) is 15.1. The topological polar surface area (TPSA) is 27.7 Å². The van der Waals surface area contributed by atoms with Crippen molar-refractivity contribution in [3.63, 3.8) is 0 Å². The van der Waals surface area contributed by atoms with Crippen molar-refractivity contribution in [3.05, 3.63) is 0 Å². The first kappa shape index (κ1) is 17.5. The molecule has 6 heteroatoms. The van der Waals surface area contributed by atoms with Crippen LogP contribution in [-0.2, 0) is 13.0 Å². The third-order valence-electron chi connectivity index (χ3n) is 2.79. The Morgan fingerprint density at radius 2 is 1.65 bits per heavy atom. The molecule has 0 aliphatic heterocycles. The summed E-state index contributed by atoms with van der Waals surface area (Å²) in [6.45, 7) is 19.2. The maximum Gasteiger partial charge on any atom is 0.310 e. The average molecular weight is 295 g/mol. The number of rotatable bonds is 8. The third kappa shape index (κ3) is 7.53. The molecule has 0 radical (unpaired) electrons. The second-order valence-corrected chi connectivity index (χ2v) is 16.7. The van der Waals surface area contributed by atoms with Gasteiger partial charge in [0.15, 0.2) is 17.4 Å². The Kier molecular flexibility index (Phi) is 7.43. The van der Waals surface area contributed by atoms with Gasteiger partial charge in [0.05, 0.1) is 0 Å². The standard InChI is InChI=1S/C11H30O3Si3/c1-9-12-10-11(2)16(5,6)14-17(7,8)13-15(3)4/h11,15H,9-10H2,1-8H3/t11-/m1/s1. The van der Waals surface area contributed by atoms with Crippen LogP contribution in [0.15, 0.2) is 0 Å². The molecule has 0 amide bonds.